The highest BCUT2D eigenvalue weighted by molar-refractivity contribution is 7.15. The Balaban J connectivity index is 1.62. The van der Waals surface area contributed by atoms with Crippen LogP contribution in [0.3, 0.4) is 0 Å². The number of likely N-dealkylation sites (tertiary alicyclic amines) is 1. The molecule has 0 bridgehead atoms. The summed E-state index contributed by atoms with van der Waals surface area (Å²) in [6, 6.07) is 2.43. The zero-order chi connectivity index (χ0) is 19.4. The number of halogens is 3. The van der Waals surface area contributed by atoms with Crippen molar-refractivity contribution in [3.05, 3.63) is 40.7 Å². The SMILES string of the molecule is CC(=O)Nc1ncc(CN2CCC[C@@H](Cc3ncccc3C(F)(F)F)C2)s1. The molecule has 0 aliphatic carbocycles. The molecule has 1 N–H and O–H groups in total. The Morgan fingerprint density at radius 1 is 1.41 bits per heavy atom. The van der Waals surface area contributed by atoms with Gasteiger partial charge in [0.1, 0.15) is 0 Å². The van der Waals surface area contributed by atoms with Crippen LogP contribution in [0, 0.1) is 5.92 Å². The summed E-state index contributed by atoms with van der Waals surface area (Å²) in [5, 5.41) is 3.22. The van der Waals surface area contributed by atoms with Crippen molar-refractivity contribution in [1.82, 2.24) is 14.9 Å². The maximum absolute atomic E-state index is 13.2. The first kappa shape index (κ1) is 19.8. The van der Waals surface area contributed by atoms with Crippen molar-refractivity contribution in [2.75, 3.05) is 18.4 Å². The molecule has 3 rings (SSSR count). The minimum absolute atomic E-state index is 0.127. The summed E-state index contributed by atoms with van der Waals surface area (Å²) in [6.45, 7) is 3.74. The molecule has 27 heavy (non-hydrogen) atoms. The highest BCUT2D eigenvalue weighted by Gasteiger charge is 2.34. The van der Waals surface area contributed by atoms with Gasteiger partial charge in [0.2, 0.25) is 5.91 Å². The zero-order valence-corrected chi connectivity index (χ0v) is 15.7. The predicted octanol–water partition coefficient (Wildman–Crippen LogP) is 3.97. The number of carbonyl (C=O) groups is 1. The van der Waals surface area contributed by atoms with Crippen molar-refractivity contribution in [2.24, 2.45) is 5.92 Å². The highest BCUT2D eigenvalue weighted by atomic mass is 32.1. The average molecular weight is 398 g/mol. The molecule has 0 unspecified atom stereocenters. The topological polar surface area (TPSA) is 58.1 Å². The Morgan fingerprint density at radius 3 is 2.96 bits per heavy atom. The Kier molecular flexibility index (Phi) is 6.11. The third kappa shape index (κ3) is 5.49. The second-order valence-electron chi connectivity index (χ2n) is 6.76. The van der Waals surface area contributed by atoms with Crippen molar-refractivity contribution >= 4 is 22.4 Å². The van der Waals surface area contributed by atoms with Gasteiger partial charge in [-0.05, 0) is 43.9 Å². The van der Waals surface area contributed by atoms with Crippen LogP contribution in [-0.2, 0) is 23.9 Å². The van der Waals surface area contributed by atoms with Crippen molar-refractivity contribution in [3.63, 3.8) is 0 Å². The van der Waals surface area contributed by atoms with E-state index in [0.717, 1.165) is 36.9 Å². The Morgan fingerprint density at radius 2 is 2.22 bits per heavy atom. The van der Waals surface area contributed by atoms with Crippen LogP contribution in [0.5, 0.6) is 0 Å². The van der Waals surface area contributed by atoms with Gasteiger partial charge in [-0.25, -0.2) is 4.98 Å². The van der Waals surface area contributed by atoms with Gasteiger partial charge < -0.3 is 5.32 Å². The zero-order valence-electron chi connectivity index (χ0n) is 14.9. The molecule has 9 heteroatoms. The van der Waals surface area contributed by atoms with E-state index in [1.54, 1.807) is 6.20 Å². The first-order chi connectivity index (χ1) is 12.8. The number of thiazole rings is 1. The molecule has 1 amide bonds. The average Bonchev–Trinajstić information content (AvgIpc) is 3.01. The van der Waals surface area contributed by atoms with Crippen molar-refractivity contribution in [2.45, 2.75) is 38.9 Å². The summed E-state index contributed by atoms with van der Waals surface area (Å²) >= 11 is 1.42. The summed E-state index contributed by atoms with van der Waals surface area (Å²) in [5.41, 5.74) is -0.507. The number of rotatable bonds is 5. The van der Waals surface area contributed by atoms with Crippen molar-refractivity contribution in [3.8, 4) is 0 Å². The summed E-state index contributed by atoms with van der Waals surface area (Å²) in [6.07, 6.45) is 0.944. The molecule has 146 valence electrons. The fourth-order valence-corrected chi connectivity index (χ4v) is 4.30. The molecule has 2 aromatic heterocycles. The van der Waals surface area contributed by atoms with Gasteiger partial charge >= 0.3 is 6.18 Å². The van der Waals surface area contributed by atoms with Gasteiger partial charge in [-0.3, -0.25) is 14.7 Å². The lowest BCUT2D eigenvalue weighted by Gasteiger charge is -2.32. The van der Waals surface area contributed by atoms with E-state index >= 15 is 0 Å². The van der Waals surface area contributed by atoms with E-state index in [1.807, 2.05) is 0 Å². The van der Waals surface area contributed by atoms with Crippen LogP contribution in [0.4, 0.5) is 18.3 Å². The number of hydrogen-bond acceptors (Lipinski definition) is 5. The quantitative estimate of drug-likeness (QED) is 0.828. The smallest absolute Gasteiger partial charge is 0.302 e. The van der Waals surface area contributed by atoms with Crippen LogP contribution in [0.2, 0.25) is 0 Å². The number of nitrogens with one attached hydrogen (secondary N) is 1. The predicted molar refractivity (Wildman–Crippen MR) is 97.4 cm³/mol. The molecule has 5 nitrogen and oxygen atoms in total. The number of alkyl halides is 3. The minimum atomic E-state index is -4.37. The van der Waals surface area contributed by atoms with Crippen LogP contribution >= 0.6 is 11.3 Å². The first-order valence-corrected chi connectivity index (χ1v) is 9.58. The van der Waals surface area contributed by atoms with E-state index in [-0.39, 0.29) is 17.5 Å². The van der Waals surface area contributed by atoms with Gasteiger partial charge in [0.15, 0.2) is 5.13 Å². The molecular weight excluding hydrogens is 377 g/mol. The monoisotopic (exact) mass is 398 g/mol. The Bertz CT molecular complexity index is 793. The molecule has 0 spiro atoms. The number of pyridine rings is 1. The van der Waals surface area contributed by atoms with Crippen molar-refractivity contribution in [1.29, 1.82) is 0 Å². The second-order valence-corrected chi connectivity index (χ2v) is 7.87. The molecule has 2 aromatic rings. The summed E-state index contributed by atoms with van der Waals surface area (Å²) in [4.78, 5) is 22.5. The largest absolute Gasteiger partial charge is 0.418 e. The fourth-order valence-electron chi connectivity index (χ4n) is 3.40. The normalized spacial score (nSPS) is 18.4. The van der Waals surface area contributed by atoms with E-state index in [2.05, 4.69) is 20.2 Å². The third-order valence-electron chi connectivity index (χ3n) is 4.50. The number of piperidine rings is 1. The van der Waals surface area contributed by atoms with Crippen LogP contribution in [0.15, 0.2) is 24.5 Å². The Labute approximate surface area is 159 Å². The van der Waals surface area contributed by atoms with Gasteiger partial charge in [0, 0.05) is 37.3 Å². The molecule has 1 atom stereocenters. The summed E-state index contributed by atoms with van der Waals surface area (Å²) in [7, 11) is 0. The standard InChI is InChI=1S/C18H21F3N4OS/c1-12(26)24-17-23-9-14(27-17)11-25-7-3-4-13(10-25)8-16-15(18(19,20)21)5-2-6-22-16/h2,5-6,9,13H,3-4,7-8,10-11H2,1H3,(H,23,24,26)/t13-/m0/s1. The van der Waals surface area contributed by atoms with Gasteiger partial charge in [-0.2, -0.15) is 13.2 Å². The molecular formula is C18H21F3N4OS. The van der Waals surface area contributed by atoms with E-state index < -0.39 is 11.7 Å². The lowest BCUT2D eigenvalue weighted by atomic mass is 9.91. The number of aromatic nitrogens is 2. The van der Waals surface area contributed by atoms with Crippen LogP contribution in [0.1, 0.15) is 35.9 Å². The highest BCUT2D eigenvalue weighted by Crippen LogP contribution is 2.33. The number of nitrogens with zero attached hydrogens (tertiary/aromatic N) is 3. The number of anilines is 1. The van der Waals surface area contributed by atoms with Crippen LogP contribution in [-0.4, -0.2) is 33.9 Å². The van der Waals surface area contributed by atoms with Gasteiger partial charge in [-0.1, -0.05) is 0 Å². The molecule has 1 aliphatic heterocycles. The van der Waals surface area contributed by atoms with Gasteiger partial charge in [0.05, 0.1) is 11.3 Å². The van der Waals surface area contributed by atoms with Gasteiger partial charge in [0.25, 0.3) is 0 Å². The van der Waals surface area contributed by atoms with Crippen molar-refractivity contribution < 1.29 is 18.0 Å². The number of amides is 1. The van der Waals surface area contributed by atoms with E-state index in [1.165, 1.54) is 30.5 Å². The fraction of sp³-hybridized carbons (Fsp3) is 0.500. The molecule has 0 aromatic carbocycles. The lowest BCUT2D eigenvalue weighted by molar-refractivity contribution is -0.138. The minimum Gasteiger partial charge on any atom is -0.302 e. The Hall–Kier alpha value is -2.00. The van der Waals surface area contributed by atoms with E-state index in [4.69, 9.17) is 0 Å². The molecule has 0 saturated carbocycles. The van der Waals surface area contributed by atoms with Gasteiger partial charge in [-0.15, -0.1) is 11.3 Å². The van der Waals surface area contributed by atoms with Crippen LogP contribution in [0.25, 0.3) is 0 Å². The second kappa shape index (κ2) is 8.35. The first-order valence-electron chi connectivity index (χ1n) is 8.77. The molecule has 1 fully saturated rings. The molecule has 1 saturated heterocycles. The number of carbonyl (C=O) groups excluding carboxylic acids is 1. The van der Waals surface area contributed by atoms with E-state index in [0.29, 0.717) is 18.1 Å². The maximum atomic E-state index is 13.2. The summed E-state index contributed by atoms with van der Waals surface area (Å²) in [5.74, 6) is -0.0257. The maximum Gasteiger partial charge on any atom is 0.418 e. The molecule has 3 heterocycles. The third-order valence-corrected chi connectivity index (χ3v) is 5.39. The molecule has 0 radical (unpaired) electrons. The lowest BCUT2D eigenvalue weighted by Crippen LogP contribution is -2.35. The van der Waals surface area contributed by atoms with Crippen LogP contribution < -0.4 is 5.32 Å². The summed E-state index contributed by atoms with van der Waals surface area (Å²) < 4.78 is 39.5. The van der Waals surface area contributed by atoms with E-state index in [9.17, 15) is 18.0 Å². The number of hydrogen-bond donors (Lipinski definition) is 1. The molecule has 1 aliphatic rings.